The summed E-state index contributed by atoms with van der Waals surface area (Å²) in [6.07, 6.45) is 4.41. The second-order valence-corrected chi connectivity index (χ2v) is 4.65. The van der Waals surface area contributed by atoms with Gasteiger partial charge in [-0.1, -0.05) is 6.92 Å². The van der Waals surface area contributed by atoms with Crippen molar-refractivity contribution in [2.24, 2.45) is 5.73 Å². The molecule has 4 nitrogen and oxygen atoms in total. The van der Waals surface area contributed by atoms with Crippen LogP contribution in [-0.4, -0.2) is 15.0 Å². The molecule has 1 atom stereocenters. The zero-order chi connectivity index (χ0) is 10.9. The molecular formula is C10H14N4S. The zero-order valence-corrected chi connectivity index (χ0v) is 9.64. The van der Waals surface area contributed by atoms with Gasteiger partial charge < -0.3 is 10.7 Å². The summed E-state index contributed by atoms with van der Waals surface area (Å²) >= 11 is 1.58. The summed E-state index contributed by atoms with van der Waals surface area (Å²) in [6, 6.07) is 0. The Morgan fingerprint density at radius 2 is 2.33 bits per heavy atom. The Labute approximate surface area is 92.6 Å². The first-order chi connectivity index (χ1) is 7.13. The van der Waals surface area contributed by atoms with Crippen LogP contribution >= 0.6 is 11.3 Å². The molecule has 0 saturated heterocycles. The smallest absolute Gasteiger partial charge is 0.141 e. The third-order valence-electron chi connectivity index (χ3n) is 2.51. The molecule has 2 heterocycles. The quantitative estimate of drug-likeness (QED) is 0.835. The van der Waals surface area contributed by atoms with E-state index >= 15 is 0 Å². The molecule has 1 unspecified atom stereocenters. The van der Waals surface area contributed by atoms with Gasteiger partial charge in [-0.25, -0.2) is 9.97 Å². The van der Waals surface area contributed by atoms with Gasteiger partial charge in [0.2, 0.25) is 0 Å². The highest BCUT2D eigenvalue weighted by molar-refractivity contribution is 7.13. The van der Waals surface area contributed by atoms with Crippen molar-refractivity contribution < 1.29 is 0 Å². The Bertz CT molecular complexity index is 430. The van der Waals surface area contributed by atoms with E-state index in [0.717, 1.165) is 22.9 Å². The van der Waals surface area contributed by atoms with Crippen LogP contribution in [-0.2, 0) is 5.54 Å². The molecule has 0 bridgehead atoms. The molecule has 2 aromatic rings. The highest BCUT2D eigenvalue weighted by Gasteiger charge is 2.22. The minimum atomic E-state index is -0.393. The van der Waals surface area contributed by atoms with Gasteiger partial charge >= 0.3 is 0 Å². The number of nitrogens with two attached hydrogens (primary N) is 1. The fraction of sp³-hybridized carbons (Fsp3) is 0.400. The van der Waals surface area contributed by atoms with E-state index < -0.39 is 5.54 Å². The summed E-state index contributed by atoms with van der Waals surface area (Å²) in [7, 11) is 0. The molecule has 0 fully saturated rings. The molecule has 3 N–H and O–H groups in total. The standard InChI is InChI=1S/C10H14N4S/c1-3-10(2,11)9-13-6-7(14-9)8-12-4-5-15-8/h4-6H,3,11H2,1-2H3,(H,13,14). The van der Waals surface area contributed by atoms with Crippen molar-refractivity contribution in [2.75, 3.05) is 0 Å². The molecule has 15 heavy (non-hydrogen) atoms. The predicted octanol–water partition coefficient (Wildman–Crippen LogP) is 2.12. The molecular weight excluding hydrogens is 208 g/mol. The van der Waals surface area contributed by atoms with Crippen LogP contribution in [0.2, 0.25) is 0 Å². The number of hydrogen-bond donors (Lipinski definition) is 2. The normalized spacial score (nSPS) is 15.1. The third kappa shape index (κ3) is 1.93. The first-order valence-corrected chi connectivity index (χ1v) is 5.75. The zero-order valence-electron chi connectivity index (χ0n) is 8.82. The van der Waals surface area contributed by atoms with E-state index in [1.54, 1.807) is 23.7 Å². The Morgan fingerprint density at radius 1 is 1.53 bits per heavy atom. The van der Waals surface area contributed by atoms with Gasteiger partial charge in [0.15, 0.2) is 0 Å². The number of imidazole rings is 1. The predicted molar refractivity (Wildman–Crippen MR) is 61.5 cm³/mol. The van der Waals surface area contributed by atoms with Crippen LogP contribution in [0.25, 0.3) is 10.7 Å². The first-order valence-electron chi connectivity index (χ1n) is 4.87. The number of nitrogens with zero attached hydrogens (tertiary/aromatic N) is 2. The lowest BCUT2D eigenvalue weighted by atomic mass is 10.0. The van der Waals surface area contributed by atoms with Crippen LogP contribution in [0.4, 0.5) is 0 Å². The van der Waals surface area contributed by atoms with Gasteiger partial charge in [0.25, 0.3) is 0 Å². The Hall–Kier alpha value is -1.20. The lowest BCUT2D eigenvalue weighted by Crippen LogP contribution is -2.33. The summed E-state index contributed by atoms with van der Waals surface area (Å²) < 4.78 is 0. The van der Waals surface area contributed by atoms with Crippen molar-refractivity contribution in [1.29, 1.82) is 0 Å². The number of hydrogen-bond acceptors (Lipinski definition) is 4. The monoisotopic (exact) mass is 222 g/mol. The minimum Gasteiger partial charge on any atom is -0.338 e. The molecule has 0 spiro atoms. The summed E-state index contributed by atoms with van der Waals surface area (Å²) in [4.78, 5) is 11.7. The van der Waals surface area contributed by atoms with Crippen molar-refractivity contribution in [1.82, 2.24) is 15.0 Å². The van der Waals surface area contributed by atoms with E-state index in [1.165, 1.54) is 0 Å². The number of rotatable bonds is 3. The molecule has 0 aliphatic rings. The van der Waals surface area contributed by atoms with Crippen LogP contribution in [0, 0.1) is 0 Å². The van der Waals surface area contributed by atoms with Gasteiger partial charge in [-0.2, -0.15) is 0 Å². The number of aromatic amines is 1. The van der Waals surface area contributed by atoms with Crippen molar-refractivity contribution in [3.8, 4) is 10.7 Å². The van der Waals surface area contributed by atoms with E-state index in [-0.39, 0.29) is 0 Å². The lowest BCUT2D eigenvalue weighted by molar-refractivity contribution is 0.450. The molecule has 0 saturated carbocycles. The van der Waals surface area contributed by atoms with Gasteiger partial charge in [0.1, 0.15) is 10.8 Å². The van der Waals surface area contributed by atoms with Crippen molar-refractivity contribution >= 4 is 11.3 Å². The number of H-pyrrole nitrogens is 1. The molecule has 0 radical (unpaired) electrons. The number of thiazole rings is 1. The molecule has 80 valence electrons. The summed E-state index contributed by atoms with van der Waals surface area (Å²) in [5, 5.41) is 2.89. The van der Waals surface area contributed by atoms with Gasteiger partial charge in [-0.15, -0.1) is 11.3 Å². The number of aromatic nitrogens is 3. The summed E-state index contributed by atoms with van der Waals surface area (Å²) in [5.41, 5.74) is 6.64. The van der Waals surface area contributed by atoms with Gasteiger partial charge in [0, 0.05) is 11.6 Å². The SMILES string of the molecule is CCC(C)(N)c1ncc(-c2nccs2)[nH]1. The summed E-state index contributed by atoms with van der Waals surface area (Å²) in [6.45, 7) is 4.02. The highest BCUT2D eigenvalue weighted by atomic mass is 32.1. The van der Waals surface area contributed by atoms with Crippen molar-refractivity contribution in [3.05, 3.63) is 23.6 Å². The second kappa shape index (κ2) is 3.75. The molecule has 0 aliphatic heterocycles. The molecule has 0 aliphatic carbocycles. The van der Waals surface area contributed by atoms with E-state index in [2.05, 4.69) is 15.0 Å². The van der Waals surface area contributed by atoms with E-state index in [9.17, 15) is 0 Å². The van der Waals surface area contributed by atoms with Crippen LogP contribution in [0.15, 0.2) is 17.8 Å². The highest BCUT2D eigenvalue weighted by Crippen LogP contribution is 2.23. The van der Waals surface area contributed by atoms with E-state index in [4.69, 9.17) is 5.73 Å². The molecule has 2 aromatic heterocycles. The average molecular weight is 222 g/mol. The fourth-order valence-electron chi connectivity index (χ4n) is 1.24. The maximum atomic E-state index is 6.09. The first kappa shape index (κ1) is 10.3. The van der Waals surface area contributed by atoms with Gasteiger partial charge in [-0.05, 0) is 13.3 Å². The molecule has 0 amide bonds. The van der Waals surface area contributed by atoms with Crippen LogP contribution in [0.3, 0.4) is 0 Å². The number of nitrogens with one attached hydrogen (secondary N) is 1. The molecule has 5 heteroatoms. The van der Waals surface area contributed by atoms with Crippen LogP contribution in [0.1, 0.15) is 26.1 Å². The van der Waals surface area contributed by atoms with Crippen LogP contribution in [0.5, 0.6) is 0 Å². The maximum absolute atomic E-state index is 6.09. The molecule has 0 aromatic carbocycles. The minimum absolute atomic E-state index is 0.393. The maximum Gasteiger partial charge on any atom is 0.141 e. The fourth-order valence-corrected chi connectivity index (χ4v) is 1.85. The summed E-state index contributed by atoms with van der Waals surface area (Å²) in [5.74, 6) is 0.815. The van der Waals surface area contributed by atoms with E-state index in [1.807, 2.05) is 19.2 Å². The Balaban J connectivity index is 2.33. The Kier molecular flexibility index (Phi) is 2.58. The molecule has 2 rings (SSSR count). The van der Waals surface area contributed by atoms with E-state index in [0.29, 0.717) is 0 Å². The largest absolute Gasteiger partial charge is 0.338 e. The Morgan fingerprint density at radius 3 is 2.93 bits per heavy atom. The third-order valence-corrected chi connectivity index (χ3v) is 3.32. The van der Waals surface area contributed by atoms with Crippen molar-refractivity contribution in [3.63, 3.8) is 0 Å². The van der Waals surface area contributed by atoms with Crippen LogP contribution < -0.4 is 5.73 Å². The second-order valence-electron chi connectivity index (χ2n) is 3.75. The van der Waals surface area contributed by atoms with Gasteiger partial charge in [-0.3, -0.25) is 0 Å². The lowest BCUT2D eigenvalue weighted by Gasteiger charge is -2.19. The van der Waals surface area contributed by atoms with Crippen molar-refractivity contribution in [2.45, 2.75) is 25.8 Å². The average Bonchev–Trinajstić information content (AvgIpc) is 2.88. The van der Waals surface area contributed by atoms with Gasteiger partial charge in [0.05, 0.1) is 17.4 Å². The topological polar surface area (TPSA) is 67.6 Å².